The maximum Gasteiger partial charge on any atom is 0.276 e. The molecule has 0 saturated carbocycles. The summed E-state index contributed by atoms with van der Waals surface area (Å²) >= 11 is 3.14. The highest BCUT2D eigenvalue weighted by atomic mass is 32.2. The maximum absolute atomic E-state index is 5.73. The second-order valence-electron chi connectivity index (χ2n) is 4.97. The number of thiazole rings is 1. The van der Waals surface area contributed by atoms with Crippen LogP contribution in [0.2, 0.25) is 0 Å². The van der Waals surface area contributed by atoms with Crippen LogP contribution in [0, 0.1) is 13.8 Å². The van der Waals surface area contributed by atoms with E-state index >= 15 is 0 Å². The molecule has 0 radical (unpaired) electrons. The number of hydrogen-bond acceptors (Lipinski definition) is 7. The fourth-order valence-corrected chi connectivity index (χ4v) is 3.73. The summed E-state index contributed by atoms with van der Waals surface area (Å²) in [6.45, 7) is 3.93. The van der Waals surface area contributed by atoms with Crippen molar-refractivity contribution in [1.82, 2.24) is 15.2 Å². The second kappa shape index (κ2) is 7.14. The van der Waals surface area contributed by atoms with Crippen LogP contribution in [0.4, 0.5) is 0 Å². The smallest absolute Gasteiger partial charge is 0.276 e. The summed E-state index contributed by atoms with van der Waals surface area (Å²) in [5.74, 6) is 2.31. The lowest BCUT2D eigenvalue weighted by molar-refractivity contribution is 0.414. The molecule has 1 aromatic carbocycles. The molecule has 0 bridgehead atoms. The molecule has 0 aliphatic carbocycles. The number of benzene rings is 1. The largest absolute Gasteiger partial charge is 0.497 e. The molecular formula is C16H17N3O2S2. The van der Waals surface area contributed by atoms with E-state index in [1.807, 2.05) is 26.0 Å². The average molecular weight is 347 g/mol. The van der Waals surface area contributed by atoms with E-state index < -0.39 is 0 Å². The molecule has 2 heterocycles. The Balaban J connectivity index is 1.58. The second-order valence-corrected chi connectivity index (χ2v) is 7.22. The van der Waals surface area contributed by atoms with Crippen molar-refractivity contribution in [3.05, 3.63) is 40.5 Å². The molecular weight excluding hydrogens is 330 g/mol. The van der Waals surface area contributed by atoms with Gasteiger partial charge in [0.15, 0.2) is 0 Å². The predicted octanol–water partition coefficient (Wildman–Crippen LogP) is 4.15. The van der Waals surface area contributed by atoms with Crippen LogP contribution in [0.3, 0.4) is 0 Å². The quantitative estimate of drug-likeness (QED) is 0.624. The number of thioether (sulfide) groups is 1. The third-order valence-corrected chi connectivity index (χ3v) is 5.16. The molecule has 5 nitrogen and oxygen atoms in total. The van der Waals surface area contributed by atoms with Crippen LogP contribution >= 0.6 is 23.1 Å². The Labute approximate surface area is 143 Å². The van der Waals surface area contributed by atoms with E-state index in [-0.39, 0.29) is 0 Å². The maximum atomic E-state index is 5.73. The van der Waals surface area contributed by atoms with Gasteiger partial charge in [0.05, 0.1) is 17.8 Å². The monoisotopic (exact) mass is 347 g/mol. The first-order chi connectivity index (χ1) is 11.2. The Morgan fingerprint density at radius 1 is 1.17 bits per heavy atom. The average Bonchev–Trinajstić information content (AvgIpc) is 3.14. The highest BCUT2D eigenvalue weighted by Crippen LogP contribution is 2.30. The highest BCUT2D eigenvalue weighted by Gasteiger charge is 2.15. The number of hydrogen-bond donors (Lipinski definition) is 0. The van der Waals surface area contributed by atoms with Gasteiger partial charge < -0.3 is 9.15 Å². The van der Waals surface area contributed by atoms with Crippen molar-refractivity contribution in [2.24, 2.45) is 0 Å². The first kappa shape index (κ1) is 16.0. The number of rotatable bonds is 6. The Morgan fingerprint density at radius 2 is 1.96 bits per heavy atom. The van der Waals surface area contributed by atoms with Gasteiger partial charge in [0.2, 0.25) is 0 Å². The van der Waals surface area contributed by atoms with E-state index in [0.29, 0.717) is 11.1 Å². The highest BCUT2D eigenvalue weighted by molar-refractivity contribution is 7.99. The van der Waals surface area contributed by atoms with Gasteiger partial charge in [0.1, 0.15) is 10.6 Å². The van der Waals surface area contributed by atoms with Gasteiger partial charge >= 0.3 is 0 Å². The molecule has 2 aromatic heterocycles. The zero-order valence-electron chi connectivity index (χ0n) is 13.2. The van der Waals surface area contributed by atoms with Crippen LogP contribution in [-0.2, 0) is 6.42 Å². The van der Waals surface area contributed by atoms with Crippen LogP contribution < -0.4 is 4.74 Å². The molecule has 0 atom stereocenters. The van der Waals surface area contributed by atoms with Gasteiger partial charge in [0, 0.05) is 5.75 Å². The van der Waals surface area contributed by atoms with Crippen LogP contribution in [-0.4, -0.2) is 28.0 Å². The van der Waals surface area contributed by atoms with E-state index in [2.05, 4.69) is 27.3 Å². The summed E-state index contributed by atoms with van der Waals surface area (Å²) in [5.41, 5.74) is 2.19. The number of ether oxygens (including phenoxy) is 1. The molecule has 0 aliphatic rings. The van der Waals surface area contributed by atoms with E-state index in [0.717, 1.165) is 33.5 Å². The number of aromatic nitrogens is 3. The van der Waals surface area contributed by atoms with Gasteiger partial charge in [-0.15, -0.1) is 21.5 Å². The predicted molar refractivity (Wildman–Crippen MR) is 92.3 cm³/mol. The van der Waals surface area contributed by atoms with Crippen molar-refractivity contribution >= 4 is 23.1 Å². The molecule has 0 unspecified atom stereocenters. The first-order valence-electron chi connectivity index (χ1n) is 7.19. The van der Waals surface area contributed by atoms with Crippen molar-refractivity contribution < 1.29 is 9.15 Å². The van der Waals surface area contributed by atoms with Gasteiger partial charge in [0.25, 0.3) is 11.1 Å². The van der Waals surface area contributed by atoms with Crippen LogP contribution in [0.15, 0.2) is 33.9 Å². The van der Waals surface area contributed by atoms with E-state index in [1.165, 1.54) is 5.56 Å². The van der Waals surface area contributed by atoms with Crippen molar-refractivity contribution in [3.63, 3.8) is 0 Å². The lowest BCUT2D eigenvalue weighted by Gasteiger charge is -2.02. The molecule has 0 amide bonds. The standard InChI is InChI=1S/C16H17N3O2S2/c1-10-14(23-11(2)17-10)15-18-19-16(21-15)22-9-8-12-4-6-13(20-3)7-5-12/h4-7H,8-9H2,1-3H3. The van der Waals surface area contributed by atoms with Crippen LogP contribution in [0.25, 0.3) is 10.8 Å². The summed E-state index contributed by atoms with van der Waals surface area (Å²) < 4.78 is 10.9. The zero-order chi connectivity index (χ0) is 16.2. The number of nitrogens with zero attached hydrogens (tertiary/aromatic N) is 3. The molecule has 0 aliphatic heterocycles. The molecule has 0 spiro atoms. The fourth-order valence-electron chi connectivity index (χ4n) is 2.14. The minimum atomic E-state index is 0.556. The molecule has 3 rings (SSSR count). The minimum Gasteiger partial charge on any atom is -0.497 e. The van der Waals surface area contributed by atoms with Gasteiger partial charge in [-0.2, -0.15) is 0 Å². The van der Waals surface area contributed by atoms with E-state index in [9.17, 15) is 0 Å². The molecule has 3 aromatic rings. The zero-order valence-corrected chi connectivity index (χ0v) is 14.8. The summed E-state index contributed by atoms with van der Waals surface area (Å²) in [4.78, 5) is 5.34. The summed E-state index contributed by atoms with van der Waals surface area (Å²) in [5, 5.41) is 9.83. The summed E-state index contributed by atoms with van der Waals surface area (Å²) in [6.07, 6.45) is 0.936. The normalized spacial score (nSPS) is 10.9. The minimum absolute atomic E-state index is 0.556. The van der Waals surface area contributed by atoms with E-state index in [4.69, 9.17) is 9.15 Å². The topological polar surface area (TPSA) is 61.0 Å². The van der Waals surface area contributed by atoms with E-state index in [1.54, 1.807) is 30.2 Å². The van der Waals surface area contributed by atoms with Crippen LogP contribution in [0.5, 0.6) is 5.75 Å². The Hall–Kier alpha value is -1.86. The lowest BCUT2D eigenvalue weighted by atomic mass is 10.2. The molecule has 7 heteroatoms. The Kier molecular flexibility index (Phi) is 4.97. The third-order valence-electron chi connectivity index (χ3n) is 3.28. The summed E-state index contributed by atoms with van der Waals surface area (Å²) in [7, 11) is 1.67. The molecule has 0 fully saturated rings. The summed E-state index contributed by atoms with van der Waals surface area (Å²) in [6, 6.07) is 8.09. The first-order valence-corrected chi connectivity index (χ1v) is 8.99. The fraction of sp³-hybridized carbons (Fsp3) is 0.312. The lowest BCUT2D eigenvalue weighted by Crippen LogP contribution is -1.89. The van der Waals surface area contributed by atoms with Gasteiger partial charge in [-0.25, -0.2) is 4.98 Å². The van der Waals surface area contributed by atoms with Crippen molar-refractivity contribution in [2.75, 3.05) is 12.9 Å². The van der Waals surface area contributed by atoms with Gasteiger partial charge in [-0.3, -0.25) is 0 Å². The Morgan fingerprint density at radius 3 is 2.61 bits per heavy atom. The van der Waals surface area contributed by atoms with Crippen molar-refractivity contribution in [2.45, 2.75) is 25.5 Å². The number of methoxy groups -OCH3 is 1. The Bertz CT molecular complexity index is 781. The van der Waals surface area contributed by atoms with Crippen molar-refractivity contribution in [3.8, 4) is 16.5 Å². The molecule has 0 N–H and O–H groups in total. The van der Waals surface area contributed by atoms with Crippen LogP contribution in [0.1, 0.15) is 16.3 Å². The van der Waals surface area contributed by atoms with Crippen molar-refractivity contribution in [1.29, 1.82) is 0 Å². The molecule has 120 valence electrons. The third kappa shape index (κ3) is 3.92. The SMILES string of the molecule is COc1ccc(CCSc2nnc(-c3sc(C)nc3C)o2)cc1. The molecule has 0 saturated heterocycles. The van der Waals surface area contributed by atoms with Gasteiger partial charge in [-0.1, -0.05) is 23.9 Å². The van der Waals surface area contributed by atoms with Gasteiger partial charge in [-0.05, 0) is 38.0 Å². The molecule has 23 heavy (non-hydrogen) atoms. The number of aryl methyl sites for hydroxylation is 3.